The zero-order chi connectivity index (χ0) is 21.6. The Kier molecular flexibility index (Phi) is 7.56. The van der Waals surface area contributed by atoms with Crippen LogP contribution >= 0.6 is 0 Å². The van der Waals surface area contributed by atoms with Gasteiger partial charge < -0.3 is 9.84 Å². The number of ether oxygens (including phenoxy) is 1. The molecule has 30 heavy (non-hydrogen) atoms. The molecular formula is C24H31NO4S. The van der Waals surface area contributed by atoms with Crippen molar-refractivity contribution in [2.45, 2.75) is 63.9 Å². The largest absolute Gasteiger partial charge is 0.509 e. The van der Waals surface area contributed by atoms with Crippen LogP contribution in [0.5, 0.6) is 0 Å². The molecule has 162 valence electrons. The topological polar surface area (TPSA) is 78.8 Å². The second kappa shape index (κ2) is 10.1. The number of benzene rings is 2. The number of hydrogen-bond donors (Lipinski definition) is 3. The maximum atomic E-state index is 11.1. The van der Waals surface area contributed by atoms with E-state index in [1.807, 2.05) is 36.4 Å². The molecule has 1 heterocycles. The van der Waals surface area contributed by atoms with Gasteiger partial charge in [-0.25, -0.2) is 4.21 Å². The van der Waals surface area contributed by atoms with Gasteiger partial charge >= 0.3 is 0 Å². The Morgan fingerprint density at radius 2 is 1.90 bits per heavy atom. The summed E-state index contributed by atoms with van der Waals surface area (Å²) in [4.78, 5) is 0. The van der Waals surface area contributed by atoms with Gasteiger partial charge in [0.1, 0.15) is 17.1 Å². The van der Waals surface area contributed by atoms with Gasteiger partial charge in [-0.15, -0.1) is 0 Å². The average molecular weight is 430 g/mol. The highest BCUT2D eigenvalue weighted by Crippen LogP contribution is 2.45. The Hall–Kier alpha value is -2.31. The maximum absolute atomic E-state index is 11.1. The van der Waals surface area contributed by atoms with Crippen LogP contribution in [0.4, 0.5) is 5.69 Å². The molecule has 0 fully saturated rings. The van der Waals surface area contributed by atoms with Gasteiger partial charge in [0.05, 0.1) is 0 Å². The first-order chi connectivity index (χ1) is 14.5. The Morgan fingerprint density at radius 1 is 1.13 bits per heavy atom. The number of aliphatic hydroxyl groups is 1. The third kappa shape index (κ3) is 5.43. The van der Waals surface area contributed by atoms with Crippen molar-refractivity contribution in [3.8, 4) is 0 Å². The predicted molar refractivity (Wildman–Crippen MR) is 122 cm³/mol. The van der Waals surface area contributed by atoms with E-state index in [9.17, 15) is 9.32 Å². The zero-order valence-electron chi connectivity index (χ0n) is 17.6. The Bertz CT molecular complexity index is 899. The molecule has 2 aromatic carbocycles. The number of rotatable bonds is 10. The molecule has 0 amide bonds. The van der Waals surface area contributed by atoms with Gasteiger partial charge in [0.2, 0.25) is 0 Å². The first-order valence-corrected chi connectivity index (χ1v) is 11.7. The van der Waals surface area contributed by atoms with Crippen LogP contribution in [0.2, 0.25) is 0 Å². The van der Waals surface area contributed by atoms with Gasteiger partial charge in [-0.05, 0) is 48.9 Å². The number of nitrogens with one attached hydrogen (secondary N) is 1. The lowest BCUT2D eigenvalue weighted by atomic mass is 9.87. The van der Waals surface area contributed by atoms with E-state index < -0.39 is 11.3 Å². The standard InChI is InChI=1S/C24H31NO4S/c1-3-14-24(15-13-18-9-6-5-7-10-18)17-22(26)23(29-24)21(4-2)19-11-8-12-20(16-19)25-30(27)28/h5-12,16,21,25-26H,3-4,13-15,17H2,1-2H3,(H,27,28). The Balaban J connectivity index is 1.80. The third-order valence-corrected chi connectivity index (χ3v) is 6.15. The predicted octanol–water partition coefficient (Wildman–Crippen LogP) is 6.09. The van der Waals surface area contributed by atoms with Crippen molar-refractivity contribution in [1.29, 1.82) is 0 Å². The summed E-state index contributed by atoms with van der Waals surface area (Å²) in [7, 11) is 0. The number of hydrogen-bond acceptors (Lipinski definition) is 3. The fraction of sp³-hybridized carbons (Fsp3) is 0.417. The lowest BCUT2D eigenvalue weighted by molar-refractivity contribution is 0.00246. The van der Waals surface area contributed by atoms with Crippen LogP contribution in [-0.2, 0) is 22.4 Å². The van der Waals surface area contributed by atoms with E-state index in [1.54, 1.807) is 6.07 Å². The van der Waals surface area contributed by atoms with Crippen molar-refractivity contribution < 1.29 is 18.6 Å². The van der Waals surface area contributed by atoms with Crippen molar-refractivity contribution >= 4 is 17.0 Å². The molecule has 2 aromatic rings. The summed E-state index contributed by atoms with van der Waals surface area (Å²) in [5.74, 6) is 0.864. The molecule has 0 saturated heterocycles. The highest BCUT2D eigenvalue weighted by atomic mass is 32.2. The highest BCUT2D eigenvalue weighted by molar-refractivity contribution is 7.80. The lowest BCUT2D eigenvalue weighted by Gasteiger charge is -2.31. The van der Waals surface area contributed by atoms with Crippen LogP contribution in [0.25, 0.3) is 0 Å². The van der Waals surface area contributed by atoms with Gasteiger partial charge in [-0.2, -0.15) is 0 Å². The summed E-state index contributed by atoms with van der Waals surface area (Å²) >= 11 is -2.13. The fourth-order valence-corrected chi connectivity index (χ4v) is 4.69. The van der Waals surface area contributed by atoms with Crippen LogP contribution in [0, 0.1) is 0 Å². The van der Waals surface area contributed by atoms with Gasteiger partial charge in [-0.1, -0.05) is 62.7 Å². The molecule has 0 saturated carbocycles. The van der Waals surface area contributed by atoms with E-state index in [2.05, 4.69) is 30.7 Å². The van der Waals surface area contributed by atoms with Gasteiger partial charge in [0.15, 0.2) is 0 Å². The quantitative estimate of drug-likeness (QED) is 0.399. The fourth-order valence-electron chi connectivity index (χ4n) is 4.36. The van der Waals surface area contributed by atoms with Crippen molar-refractivity contribution in [2.75, 3.05) is 4.72 Å². The maximum Gasteiger partial charge on any atom is 0.259 e. The van der Waals surface area contributed by atoms with Crippen LogP contribution in [-0.4, -0.2) is 19.5 Å². The SMILES string of the molecule is CCCC1(CCc2ccccc2)CC(O)=C(C(CC)c2cccc(NS(=O)O)c2)O1. The molecule has 0 aliphatic carbocycles. The summed E-state index contributed by atoms with van der Waals surface area (Å²) in [5, 5.41) is 10.9. The van der Waals surface area contributed by atoms with Gasteiger partial charge in [0.25, 0.3) is 11.3 Å². The highest BCUT2D eigenvalue weighted by Gasteiger charge is 2.42. The summed E-state index contributed by atoms with van der Waals surface area (Å²) in [6.07, 6.45) is 4.90. The molecule has 0 bridgehead atoms. The van der Waals surface area contributed by atoms with Crippen molar-refractivity contribution in [3.05, 3.63) is 77.2 Å². The normalized spacial score (nSPS) is 20.6. The number of allylic oxidation sites excluding steroid dienone is 1. The average Bonchev–Trinajstić information content (AvgIpc) is 3.04. The molecule has 5 nitrogen and oxygen atoms in total. The molecule has 3 unspecified atom stereocenters. The zero-order valence-corrected chi connectivity index (χ0v) is 18.5. The minimum absolute atomic E-state index is 0.102. The first-order valence-electron chi connectivity index (χ1n) is 10.6. The molecule has 3 rings (SSSR count). The lowest BCUT2D eigenvalue weighted by Crippen LogP contribution is -2.30. The van der Waals surface area contributed by atoms with Crippen LogP contribution in [0.1, 0.15) is 63.0 Å². The Morgan fingerprint density at radius 3 is 2.57 bits per heavy atom. The summed E-state index contributed by atoms with van der Waals surface area (Å²) in [6.45, 7) is 4.20. The van der Waals surface area contributed by atoms with E-state index in [1.165, 1.54) is 5.56 Å². The number of aryl methyl sites for hydroxylation is 1. The van der Waals surface area contributed by atoms with Crippen LogP contribution in [0.3, 0.4) is 0 Å². The molecule has 1 aliphatic heterocycles. The van der Waals surface area contributed by atoms with E-state index in [0.29, 0.717) is 23.6 Å². The van der Waals surface area contributed by atoms with E-state index in [4.69, 9.17) is 9.29 Å². The molecule has 3 N–H and O–H groups in total. The second-order valence-electron chi connectivity index (χ2n) is 7.95. The van der Waals surface area contributed by atoms with Crippen LogP contribution in [0.15, 0.2) is 66.1 Å². The summed E-state index contributed by atoms with van der Waals surface area (Å²) < 4.78 is 29.3. The van der Waals surface area contributed by atoms with Crippen molar-refractivity contribution in [2.24, 2.45) is 0 Å². The minimum atomic E-state index is -2.13. The molecule has 0 aromatic heterocycles. The van der Waals surface area contributed by atoms with Crippen molar-refractivity contribution in [1.82, 2.24) is 0 Å². The molecular weight excluding hydrogens is 398 g/mol. The van der Waals surface area contributed by atoms with Gasteiger partial charge in [-0.3, -0.25) is 9.27 Å². The molecule has 3 atom stereocenters. The second-order valence-corrected chi connectivity index (χ2v) is 8.65. The monoisotopic (exact) mass is 429 g/mol. The Labute approximate surface area is 181 Å². The molecule has 1 aliphatic rings. The summed E-state index contributed by atoms with van der Waals surface area (Å²) in [6, 6.07) is 17.8. The molecule has 6 heteroatoms. The number of anilines is 1. The van der Waals surface area contributed by atoms with E-state index in [-0.39, 0.29) is 11.5 Å². The molecule has 0 spiro atoms. The first kappa shape index (κ1) is 22.4. The minimum Gasteiger partial charge on any atom is -0.509 e. The van der Waals surface area contributed by atoms with Crippen LogP contribution < -0.4 is 4.72 Å². The van der Waals surface area contributed by atoms with Gasteiger partial charge in [0, 0.05) is 18.0 Å². The van der Waals surface area contributed by atoms with E-state index in [0.717, 1.165) is 37.7 Å². The molecule has 0 radical (unpaired) electrons. The smallest absolute Gasteiger partial charge is 0.259 e. The third-order valence-electron chi connectivity index (χ3n) is 5.74. The number of aliphatic hydroxyl groups excluding tert-OH is 1. The van der Waals surface area contributed by atoms with Crippen molar-refractivity contribution in [3.63, 3.8) is 0 Å². The summed E-state index contributed by atoms with van der Waals surface area (Å²) in [5.41, 5.74) is 2.39. The van der Waals surface area contributed by atoms with E-state index >= 15 is 0 Å².